The third-order valence-electron chi connectivity index (χ3n) is 4.54. The molecule has 1 saturated carbocycles. The van der Waals surface area contributed by atoms with Crippen molar-refractivity contribution in [2.24, 2.45) is 4.99 Å². The third kappa shape index (κ3) is 5.51. The monoisotopic (exact) mass is 362 g/mol. The summed E-state index contributed by atoms with van der Waals surface area (Å²) in [7, 11) is 1.76. The van der Waals surface area contributed by atoms with E-state index >= 15 is 0 Å². The molecule has 1 aliphatic carbocycles. The van der Waals surface area contributed by atoms with E-state index in [-0.39, 0.29) is 0 Å². The summed E-state index contributed by atoms with van der Waals surface area (Å²) in [5, 5.41) is 6.74. The third-order valence-corrected chi connectivity index (χ3v) is 4.54. The molecule has 144 valence electrons. The first kappa shape index (κ1) is 18.8. The minimum atomic E-state index is 0.298. The zero-order valence-corrected chi connectivity index (χ0v) is 15.8. The molecule has 0 amide bonds. The second-order valence-electron chi connectivity index (χ2n) is 6.57. The molecule has 0 aromatic heterocycles. The number of hydrogen-bond donors (Lipinski definition) is 2. The fraction of sp³-hybridized carbons (Fsp3) is 0.632. The Hall–Kier alpha value is -1.99. The Balaban J connectivity index is 1.48. The van der Waals surface area contributed by atoms with Crippen LogP contribution < -0.4 is 20.1 Å². The molecule has 1 fully saturated rings. The molecule has 3 rings (SSSR count). The summed E-state index contributed by atoms with van der Waals surface area (Å²) in [6, 6.07) is 6.70. The summed E-state index contributed by atoms with van der Waals surface area (Å²) in [6.45, 7) is 7.46. The Kier molecular flexibility index (Phi) is 6.96. The largest absolute Gasteiger partial charge is 0.454 e. The minimum Gasteiger partial charge on any atom is -0.454 e. The van der Waals surface area contributed by atoms with Gasteiger partial charge in [0.1, 0.15) is 0 Å². The van der Waals surface area contributed by atoms with E-state index in [4.69, 9.17) is 14.2 Å². The Morgan fingerprint density at radius 1 is 1.23 bits per heavy atom. The fourth-order valence-corrected chi connectivity index (χ4v) is 2.99. The molecule has 0 spiro atoms. The van der Waals surface area contributed by atoms with Crippen LogP contribution in [0.15, 0.2) is 23.2 Å². The summed E-state index contributed by atoms with van der Waals surface area (Å²) in [4.78, 5) is 7.18. The molecule has 0 radical (unpaired) electrons. The van der Waals surface area contributed by atoms with Gasteiger partial charge in [0.15, 0.2) is 17.5 Å². The molecule has 1 aliphatic heterocycles. The van der Waals surface area contributed by atoms with Crippen molar-refractivity contribution in [1.82, 2.24) is 15.5 Å². The number of guanidine groups is 1. The molecule has 0 unspecified atom stereocenters. The first-order valence-electron chi connectivity index (χ1n) is 9.44. The normalized spacial score (nSPS) is 16.2. The van der Waals surface area contributed by atoms with E-state index in [1.54, 1.807) is 7.11 Å². The van der Waals surface area contributed by atoms with Gasteiger partial charge in [0.2, 0.25) is 6.79 Å². The van der Waals surface area contributed by atoms with Gasteiger partial charge in [-0.05, 0) is 37.5 Å². The quantitative estimate of drug-likeness (QED) is 0.487. The molecule has 1 heterocycles. The van der Waals surface area contributed by atoms with Crippen LogP contribution in [0.1, 0.15) is 25.3 Å². The van der Waals surface area contributed by atoms with Crippen molar-refractivity contribution in [2.45, 2.75) is 32.4 Å². The number of ether oxygens (including phenoxy) is 3. The number of hydrogen-bond acceptors (Lipinski definition) is 5. The standard InChI is InChI=1S/C19H30N4O3/c1-3-20-19(21-8-9-23(10-11-24-2)16-5-6-16)22-13-15-4-7-17-18(12-15)26-14-25-17/h4,7,12,16H,3,5-6,8-11,13-14H2,1-2H3,(H2,20,21,22). The Bertz CT molecular complexity index is 604. The number of nitrogens with zero attached hydrogens (tertiary/aromatic N) is 2. The molecule has 1 aromatic carbocycles. The van der Waals surface area contributed by atoms with Gasteiger partial charge in [0.05, 0.1) is 13.2 Å². The predicted molar refractivity (Wildman–Crippen MR) is 102 cm³/mol. The van der Waals surface area contributed by atoms with Crippen LogP contribution in [-0.4, -0.2) is 63.6 Å². The topological polar surface area (TPSA) is 67.4 Å². The van der Waals surface area contributed by atoms with Gasteiger partial charge < -0.3 is 24.8 Å². The van der Waals surface area contributed by atoms with Crippen molar-refractivity contribution in [1.29, 1.82) is 0 Å². The zero-order valence-electron chi connectivity index (χ0n) is 15.8. The highest BCUT2D eigenvalue weighted by atomic mass is 16.7. The highest BCUT2D eigenvalue weighted by molar-refractivity contribution is 5.79. The lowest BCUT2D eigenvalue weighted by Crippen LogP contribution is -2.42. The second kappa shape index (κ2) is 9.64. The average Bonchev–Trinajstić information content (AvgIpc) is 3.39. The lowest BCUT2D eigenvalue weighted by Gasteiger charge is -2.22. The van der Waals surface area contributed by atoms with Gasteiger partial charge in [-0.25, -0.2) is 4.99 Å². The van der Waals surface area contributed by atoms with Crippen LogP contribution in [0.2, 0.25) is 0 Å². The van der Waals surface area contributed by atoms with E-state index in [2.05, 4.69) is 27.4 Å². The molecule has 0 bridgehead atoms. The molecular weight excluding hydrogens is 332 g/mol. The second-order valence-corrected chi connectivity index (χ2v) is 6.57. The van der Waals surface area contributed by atoms with Crippen molar-refractivity contribution in [2.75, 3.05) is 46.7 Å². The summed E-state index contributed by atoms with van der Waals surface area (Å²) in [6.07, 6.45) is 2.62. The van der Waals surface area contributed by atoms with E-state index in [1.165, 1.54) is 12.8 Å². The van der Waals surface area contributed by atoms with Gasteiger partial charge in [0.25, 0.3) is 0 Å². The maximum absolute atomic E-state index is 5.43. The molecule has 26 heavy (non-hydrogen) atoms. The van der Waals surface area contributed by atoms with Crippen molar-refractivity contribution in [3.05, 3.63) is 23.8 Å². The lowest BCUT2D eigenvalue weighted by atomic mass is 10.2. The maximum atomic E-state index is 5.43. The van der Waals surface area contributed by atoms with E-state index < -0.39 is 0 Å². The van der Waals surface area contributed by atoms with E-state index in [0.29, 0.717) is 13.3 Å². The van der Waals surface area contributed by atoms with Crippen LogP contribution in [-0.2, 0) is 11.3 Å². The van der Waals surface area contributed by atoms with Crippen LogP contribution in [0.4, 0.5) is 0 Å². The molecule has 0 saturated heterocycles. The van der Waals surface area contributed by atoms with E-state index in [9.17, 15) is 0 Å². The molecule has 7 heteroatoms. The van der Waals surface area contributed by atoms with Crippen molar-refractivity contribution in [3.8, 4) is 11.5 Å². The van der Waals surface area contributed by atoms with Crippen LogP contribution in [0.25, 0.3) is 0 Å². The van der Waals surface area contributed by atoms with Crippen molar-refractivity contribution in [3.63, 3.8) is 0 Å². The first-order valence-corrected chi connectivity index (χ1v) is 9.44. The van der Waals surface area contributed by atoms with Gasteiger partial charge in [-0.3, -0.25) is 4.90 Å². The number of aliphatic imine (C=N–C) groups is 1. The van der Waals surface area contributed by atoms with Crippen LogP contribution in [0.5, 0.6) is 11.5 Å². The molecule has 0 atom stereocenters. The number of nitrogens with one attached hydrogen (secondary N) is 2. The molecular formula is C19H30N4O3. The highest BCUT2D eigenvalue weighted by Gasteiger charge is 2.28. The Morgan fingerprint density at radius 2 is 2.08 bits per heavy atom. The Morgan fingerprint density at radius 3 is 2.85 bits per heavy atom. The smallest absolute Gasteiger partial charge is 0.231 e. The maximum Gasteiger partial charge on any atom is 0.231 e. The summed E-state index contributed by atoms with van der Waals surface area (Å²) >= 11 is 0. The van der Waals surface area contributed by atoms with E-state index in [0.717, 1.165) is 61.8 Å². The predicted octanol–water partition coefficient (Wildman–Crippen LogP) is 1.58. The average molecular weight is 362 g/mol. The Labute approximate surface area is 155 Å². The fourth-order valence-electron chi connectivity index (χ4n) is 2.99. The summed E-state index contributed by atoms with van der Waals surface area (Å²) in [5.74, 6) is 2.44. The van der Waals surface area contributed by atoms with E-state index in [1.807, 2.05) is 18.2 Å². The number of rotatable bonds is 10. The van der Waals surface area contributed by atoms with Crippen LogP contribution in [0, 0.1) is 0 Å². The van der Waals surface area contributed by atoms with Gasteiger partial charge in [-0.1, -0.05) is 6.07 Å². The molecule has 1 aromatic rings. The van der Waals surface area contributed by atoms with Crippen molar-refractivity contribution >= 4 is 5.96 Å². The van der Waals surface area contributed by atoms with Crippen molar-refractivity contribution < 1.29 is 14.2 Å². The summed E-state index contributed by atoms with van der Waals surface area (Å²) in [5.41, 5.74) is 1.10. The van der Waals surface area contributed by atoms with Gasteiger partial charge >= 0.3 is 0 Å². The van der Waals surface area contributed by atoms with Crippen LogP contribution >= 0.6 is 0 Å². The summed E-state index contributed by atoms with van der Waals surface area (Å²) < 4.78 is 16.0. The minimum absolute atomic E-state index is 0.298. The first-order chi connectivity index (χ1) is 12.8. The van der Waals surface area contributed by atoms with Gasteiger partial charge in [0, 0.05) is 39.3 Å². The zero-order chi connectivity index (χ0) is 18.2. The number of methoxy groups -OCH3 is 1. The van der Waals surface area contributed by atoms with Crippen LogP contribution in [0.3, 0.4) is 0 Å². The SMILES string of the molecule is CCNC(=NCc1ccc2c(c1)OCO2)NCCN(CCOC)C1CC1. The lowest BCUT2D eigenvalue weighted by molar-refractivity contribution is 0.144. The van der Waals surface area contributed by atoms with Gasteiger partial charge in [-0.2, -0.15) is 0 Å². The molecule has 2 N–H and O–H groups in total. The number of fused-ring (bicyclic) bond motifs is 1. The van der Waals surface area contributed by atoms with Gasteiger partial charge in [-0.15, -0.1) is 0 Å². The highest BCUT2D eigenvalue weighted by Crippen LogP contribution is 2.32. The number of benzene rings is 1. The molecule has 2 aliphatic rings. The molecule has 7 nitrogen and oxygen atoms in total.